The van der Waals surface area contributed by atoms with Crippen molar-refractivity contribution in [2.24, 2.45) is 0 Å². The van der Waals surface area contributed by atoms with Crippen LogP contribution in [-0.2, 0) is 16.0 Å². The van der Waals surface area contributed by atoms with Crippen LogP contribution >= 0.6 is 0 Å². The summed E-state index contributed by atoms with van der Waals surface area (Å²) in [6.45, 7) is 0. The third kappa shape index (κ3) is 3.88. The SMILES string of the molecule is N#Cc1cc(C(F)(F)F)ccc1NC1CCS(=O)(=O)CC1. The number of sulfone groups is 1. The van der Waals surface area contributed by atoms with Crippen molar-refractivity contribution in [2.45, 2.75) is 25.1 Å². The van der Waals surface area contributed by atoms with Crippen LogP contribution in [0.3, 0.4) is 0 Å². The standard InChI is InChI=1S/C13H13F3N2O2S/c14-13(15,16)10-1-2-12(9(7-10)8-17)18-11-3-5-21(19,20)6-4-11/h1-2,7,11,18H,3-6H2. The van der Waals surface area contributed by atoms with Crippen LogP contribution in [0.25, 0.3) is 0 Å². The number of nitrogens with one attached hydrogen (secondary N) is 1. The van der Waals surface area contributed by atoms with Gasteiger partial charge < -0.3 is 5.32 Å². The second kappa shape index (κ2) is 5.56. The van der Waals surface area contributed by atoms with Crippen LogP contribution in [0.5, 0.6) is 0 Å². The lowest BCUT2D eigenvalue weighted by atomic mass is 10.1. The van der Waals surface area contributed by atoms with Crippen LogP contribution in [0.4, 0.5) is 18.9 Å². The first-order chi connectivity index (χ1) is 9.71. The van der Waals surface area contributed by atoms with Crippen LogP contribution in [0, 0.1) is 11.3 Å². The molecule has 1 saturated heterocycles. The molecule has 1 aliphatic rings. The molecule has 0 aliphatic carbocycles. The van der Waals surface area contributed by atoms with Crippen molar-refractivity contribution >= 4 is 15.5 Å². The molecule has 2 rings (SSSR count). The Morgan fingerprint density at radius 1 is 1.24 bits per heavy atom. The average molecular weight is 318 g/mol. The number of alkyl halides is 3. The van der Waals surface area contributed by atoms with Crippen LogP contribution < -0.4 is 5.32 Å². The molecule has 114 valence electrons. The molecule has 0 bridgehead atoms. The van der Waals surface area contributed by atoms with E-state index >= 15 is 0 Å². The minimum atomic E-state index is -4.50. The molecule has 0 unspecified atom stereocenters. The molecule has 0 amide bonds. The summed E-state index contributed by atoms with van der Waals surface area (Å²) in [5.41, 5.74) is -0.677. The van der Waals surface area contributed by atoms with Gasteiger partial charge in [0.25, 0.3) is 0 Å². The molecule has 4 nitrogen and oxygen atoms in total. The summed E-state index contributed by atoms with van der Waals surface area (Å²) < 4.78 is 60.4. The number of rotatable bonds is 2. The molecule has 0 saturated carbocycles. The maximum absolute atomic E-state index is 12.6. The Labute approximate surface area is 120 Å². The second-order valence-electron chi connectivity index (χ2n) is 4.94. The smallest absolute Gasteiger partial charge is 0.381 e. The quantitative estimate of drug-likeness (QED) is 0.910. The van der Waals surface area contributed by atoms with Crippen molar-refractivity contribution < 1.29 is 21.6 Å². The predicted molar refractivity (Wildman–Crippen MR) is 71.5 cm³/mol. The summed E-state index contributed by atoms with van der Waals surface area (Å²) in [6, 6.07) is 4.49. The minimum Gasteiger partial charge on any atom is -0.381 e. The zero-order chi connectivity index (χ0) is 15.7. The van der Waals surface area contributed by atoms with Crippen LogP contribution in [0.2, 0.25) is 0 Å². The van der Waals surface area contributed by atoms with Crippen LogP contribution in [0.1, 0.15) is 24.0 Å². The highest BCUT2D eigenvalue weighted by molar-refractivity contribution is 7.91. The molecule has 1 fully saturated rings. The molecular weight excluding hydrogens is 305 g/mol. The number of hydrogen-bond acceptors (Lipinski definition) is 4. The van der Waals surface area contributed by atoms with Gasteiger partial charge in [0, 0.05) is 6.04 Å². The largest absolute Gasteiger partial charge is 0.416 e. The molecule has 1 aromatic carbocycles. The van der Waals surface area contributed by atoms with Gasteiger partial charge in [-0.15, -0.1) is 0 Å². The first-order valence-corrected chi connectivity index (χ1v) is 8.12. The molecule has 1 aromatic rings. The lowest BCUT2D eigenvalue weighted by Crippen LogP contribution is -2.32. The molecule has 0 spiro atoms. The van der Waals surface area contributed by atoms with Crippen molar-refractivity contribution in [1.82, 2.24) is 0 Å². The summed E-state index contributed by atoms with van der Waals surface area (Å²) >= 11 is 0. The third-order valence-corrected chi connectivity index (χ3v) is 5.10. The van der Waals surface area contributed by atoms with Gasteiger partial charge in [0.15, 0.2) is 0 Å². The highest BCUT2D eigenvalue weighted by Crippen LogP contribution is 2.32. The Morgan fingerprint density at radius 2 is 1.86 bits per heavy atom. The van der Waals surface area contributed by atoms with Crippen molar-refractivity contribution in [2.75, 3.05) is 16.8 Å². The number of anilines is 1. The van der Waals surface area contributed by atoms with Crippen LogP contribution in [0.15, 0.2) is 18.2 Å². The molecular formula is C13H13F3N2O2S. The molecule has 21 heavy (non-hydrogen) atoms. The molecule has 0 radical (unpaired) electrons. The normalized spacial score (nSPS) is 19.0. The predicted octanol–water partition coefficient (Wildman–Crippen LogP) is 2.57. The molecule has 8 heteroatoms. The van der Waals surface area contributed by atoms with E-state index in [9.17, 15) is 21.6 Å². The number of benzene rings is 1. The van der Waals surface area contributed by atoms with Gasteiger partial charge in [0.05, 0.1) is 28.3 Å². The maximum atomic E-state index is 12.6. The number of nitriles is 1. The zero-order valence-corrected chi connectivity index (χ0v) is 11.8. The Kier molecular flexibility index (Phi) is 4.14. The van der Waals surface area contributed by atoms with Gasteiger partial charge in [-0.2, -0.15) is 18.4 Å². The van der Waals surface area contributed by atoms with Gasteiger partial charge in [-0.05, 0) is 31.0 Å². The highest BCUT2D eigenvalue weighted by Gasteiger charge is 2.31. The van der Waals surface area contributed by atoms with Gasteiger partial charge in [0.2, 0.25) is 0 Å². The summed E-state index contributed by atoms with van der Waals surface area (Å²) in [5.74, 6) is 0.0976. The van der Waals surface area contributed by atoms with Gasteiger partial charge in [-0.1, -0.05) is 0 Å². The molecule has 1 heterocycles. The Morgan fingerprint density at radius 3 is 2.38 bits per heavy atom. The van der Waals surface area contributed by atoms with Crippen LogP contribution in [-0.4, -0.2) is 26.0 Å². The molecule has 1 aliphatic heterocycles. The summed E-state index contributed by atoms with van der Waals surface area (Å²) in [5, 5.41) is 11.9. The zero-order valence-electron chi connectivity index (χ0n) is 10.9. The van der Waals surface area contributed by atoms with Crippen molar-refractivity contribution in [3.05, 3.63) is 29.3 Å². The van der Waals surface area contributed by atoms with Gasteiger partial charge >= 0.3 is 6.18 Å². The van der Waals surface area contributed by atoms with E-state index in [1.165, 1.54) is 6.07 Å². The van der Waals surface area contributed by atoms with E-state index in [2.05, 4.69) is 5.32 Å². The molecule has 1 N–H and O–H groups in total. The van der Waals surface area contributed by atoms with E-state index in [0.29, 0.717) is 18.5 Å². The lowest BCUT2D eigenvalue weighted by molar-refractivity contribution is -0.137. The van der Waals surface area contributed by atoms with Crippen molar-refractivity contribution in [3.8, 4) is 6.07 Å². The van der Waals surface area contributed by atoms with Gasteiger partial charge in [0.1, 0.15) is 15.9 Å². The fourth-order valence-corrected chi connectivity index (χ4v) is 3.68. The summed E-state index contributed by atoms with van der Waals surface area (Å²) in [4.78, 5) is 0. The monoisotopic (exact) mass is 318 g/mol. The fourth-order valence-electron chi connectivity index (χ4n) is 2.19. The van der Waals surface area contributed by atoms with Gasteiger partial charge in [-0.25, -0.2) is 8.42 Å². The summed E-state index contributed by atoms with van der Waals surface area (Å²) in [7, 11) is -3.00. The lowest BCUT2D eigenvalue weighted by Gasteiger charge is -2.24. The Hall–Kier alpha value is -1.75. The van der Waals surface area contributed by atoms with E-state index in [-0.39, 0.29) is 23.1 Å². The van der Waals surface area contributed by atoms with Crippen molar-refractivity contribution in [1.29, 1.82) is 5.26 Å². The van der Waals surface area contributed by atoms with Crippen molar-refractivity contribution in [3.63, 3.8) is 0 Å². The van der Waals surface area contributed by atoms with E-state index in [1.54, 1.807) is 6.07 Å². The van der Waals surface area contributed by atoms with E-state index in [1.807, 2.05) is 0 Å². The second-order valence-corrected chi connectivity index (χ2v) is 7.24. The number of nitrogens with zero attached hydrogens (tertiary/aromatic N) is 1. The number of hydrogen-bond donors (Lipinski definition) is 1. The Balaban J connectivity index is 2.16. The third-order valence-electron chi connectivity index (χ3n) is 3.38. The van der Waals surface area contributed by atoms with E-state index in [4.69, 9.17) is 5.26 Å². The van der Waals surface area contributed by atoms with E-state index in [0.717, 1.165) is 12.1 Å². The maximum Gasteiger partial charge on any atom is 0.416 e. The minimum absolute atomic E-state index is 0.0488. The average Bonchev–Trinajstić information content (AvgIpc) is 2.40. The molecule has 0 aromatic heterocycles. The topological polar surface area (TPSA) is 70.0 Å². The van der Waals surface area contributed by atoms with E-state index < -0.39 is 21.6 Å². The fraction of sp³-hybridized carbons (Fsp3) is 0.462. The highest BCUT2D eigenvalue weighted by atomic mass is 32.2. The first-order valence-electron chi connectivity index (χ1n) is 6.29. The van der Waals surface area contributed by atoms with Gasteiger partial charge in [-0.3, -0.25) is 0 Å². The summed E-state index contributed by atoms with van der Waals surface area (Å²) in [6.07, 6.45) is -3.73. The first kappa shape index (κ1) is 15.6. The Bertz CT molecular complexity index is 664. The molecule has 0 atom stereocenters. The number of halogens is 3.